The van der Waals surface area contributed by atoms with Gasteiger partial charge in [0.15, 0.2) is 0 Å². The molecule has 0 spiro atoms. The summed E-state index contributed by atoms with van der Waals surface area (Å²) in [6, 6.07) is 13.9. The Balaban J connectivity index is 1.76. The molecule has 3 atom stereocenters. The average molecular weight is 426 g/mol. The van der Waals surface area contributed by atoms with E-state index in [4.69, 9.17) is 10.5 Å². The molecule has 0 heterocycles. The van der Waals surface area contributed by atoms with Crippen LogP contribution in [0.15, 0.2) is 48.5 Å². The van der Waals surface area contributed by atoms with Crippen LogP contribution >= 0.6 is 0 Å². The van der Waals surface area contributed by atoms with Crippen LogP contribution in [0.25, 0.3) is 0 Å². The quantitative estimate of drug-likeness (QED) is 0.510. The Morgan fingerprint density at radius 1 is 1.19 bits per heavy atom. The molecule has 3 rings (SSSR count). The molecule has 2 aromatic rings. The molecule has 0 saturated carbocycles. The Morgan fingerprint density at radius 2 is 1.90 bits per heavy atom. The summed E-state index contributed by atoms with van der Waals surface area (Å²) in [4.78, 5) is 24.1. The van der Waals surface area contributed by atoms with E-state index in [1.54, 1.807) is 37.4 Å². The van der Waals surface area contributed by atoms with Gasteiger partial charge < -0.3 is 26.2 Å². The van der Waals surface area contributed by atoms with Crippen molar-refractivity contribution in [2.24, 2.45) is 5.73 Å². The van der Waals surface area contributed by atoms with Crippen LogP contribution in [0.5, 0.6) is 0 Å². The summed E-state index contributed by atoms with van der Waals surface area (Å²) in [5.41, 5.74) is 8.30. The first kappa shape index (κ1) is 22.9. The molecule has 0 aromatic heterocycles. The van der Waals surface area contributed by atoms with E-state index in [0.717, 1.165) is 11.1 Å². The van der Waals surface area contributed by atoms with Gasteiger partial charge in [0.05, 0.1) is 18.8 Å². The van der Waals surface area contributed by atoms with Crippen LogP contribution in [-0.2, 0) is 16.6 Å². The Kier molecular flexibility index (Phi) is 7.10. The highest BCUT2D eigenvalue weighted by atomic mass is 16.5. The number of carbonyl (C=O) groups is 2. The van der Waals surface area contributed by atoms with E-state index in [1.807, 2.05) is 18.2 Å². The third-order valence-corrected chi connectivity index (χ3v) is 6.14. The second kappa shape index (κ2) is 9.60. The summed E-state index contributed by atoms with van der Waals surface area (Å²) < 4.78 is 5.79. The minimum Gasteiger partial charge on any atom is -0.394 e. The predicted octanol–water partition coefficient (Wildman–Crippen LogP) is 1.38. The smallest absolute Gasteiger partial charge is 0.251 e. The van der Waals surface area contributed by atoms with Gasteiger partial charge in [-0.2, -0.15) is 0 Å². The van der Waals surface area contributed by atoms with E-state index in [2.05, 4.69) is 24.5 Å². The first-order chi connectivity index (χ1) is 14.8. The molecule has 2 amide bonds. The molecule has 0 bridgehead atoms. The van der Waals surface area contributed by atoms with Gasteiger partial charge in [0, 0.05) is 42.7 Å². The molecule has 1 aliphatic carbocycles. The molecule has 31 heavy (non-hydrogen) atoms. The number of hydrogen-bond donors (Lipinski definition) is 4. The number of methoxy groups -OCH3 is 1. The maximum atomic E-state index is 12.5. The number of aliphatic hydroxyl groups is 1. The van der Waals surface area contributed by atoms with Gasteiger partial charge in [-0.1, -0.05) is 38.1 Å². The lowest BCUT2D eigenvalue weighted by Gasteiger charge is -2.45. The summed E-state index contributed by atoms with van der Waals surface area (Å²) >= 11 is 0. The molecular formula is C24H31N3O4. The van der Waals surface area contributed by atoms with Crippen LogP contribution in [0, 0.1) is 0 Å². The summed E-state index contributed by atoms with van der Waals surface area (Å²) in [6.45, 7) is 4.36. The van der Waals surface area contributed by atoms with Crippen molar-refractivity contribution in [3.63, 3.8) is 0 Å². The average Bonchev–Trinajstić information content (AvgIpc) is 2.77. The van der Waals surface area contributed by atoms with E-state index < -0.39 is 11.9 Å². The maximum absolute atomic E-state index is 12.5. The zero-order valence-electron chi connectivity index (χ0n) is 18.2. The minimum atomic E-state index is -0.459. The lowest BCUT2D eigenvalue weighted by atomic mass is 9.67. The normalized spacial score (nSPS) is 20.5. The van der Waals surface area contributed by atoms with Crippen molar-refractivity contribution in [3.05, 3.63) is 70.8 Å². The fourth-order valence-electron chi connectivity index (χ4n) is 4.37. The standard InChI is InChI=1S/C24H31N3O4/c1-24(2)19-11-17(22(25)29)10-9-16(19)12-20(31-3)21(24)26-13-18(14-28)27-23(30)15-7-5-4-6-8-15/h4-11,18,20-21,26,28H,12-14H2,1-3H3,(H2,25,29)(H,27,30)/t18-,20-,21+/m1/s1. The number of carbonyl (C=O) groups excluding carboxylic acids is 2. The largest absolute Gasteiger partial charge is 0.394 e. The monoisotopic (exact) mass is 425 g/mol. The number of benzene rings is 2. The maximum Gasteiger partial charge on any atom is 0.251 e. The first-order valence-electron chi connectivity index (χ1n) is 10.4. The minimum absolute atomic E-state index is 0.101. The summed E-state index contributed by atoms with van der Waals surface area (Å²) in [5, 5.41) is 16.2. The van der Waals surface area contributed by atoms with Crippen molar-refractivity contribution in [2.75, 3.05) is 20.3 Å². The van der Waals surface area contributed by atoms with E-state index in [1.165, 1.54) is 0 Å². The van der Waals surface area contributed by atoms with Gasteiger partial charge in [-0.05, 0) is 35.4 Å². The van der Waals surface area contributed by atoms with E-state index in [9.17, 15) is 14.7 Å². The van der Waals surface area contributed by atoms with Gasteiger partial charge in [-0.25, -0.2) is 0 Å². The number of nitrogens with two attached hydrogens (primary N) is 1. The number of primary amides is 1. The van der Waals surface area contributed by atoms with Gasteiger partial charge in [0.2, 0.25) is 5.91 Å². The zero-order chi connectivity index (χ0) is 22.6. The van der Waals surface area contributed by atoms with E-state index in [0.29, 0.717) is 24.1 Å². The van der Waals surface area contributed by atoms with E-state index >= 15 is 0 Å². The molecule has 7 nitrogen and oxygen atoms in total. The summed E-state index contributed by atoms with van der Waals surface area (Å²) in [7, 11) is 1.68. The molecule has 0 saturated heterocycles. The number of fused-ring (bicyclic) bond motifs is 1. The van der Waals surface area contributed by atoms with E-state index in [-0.39, 0.29) is 30.1 Å². The summed E-state index contributed by atoms with van der Waals surface area (Å²) in [6.07, 6.45) is 0.581. The molecule has 166 valence electrons. The van der Waals surface area contributed by atoms with Gasteiger partial charge in [-0.15, -0.1) is 0 Å². The Morgan fingerprint density at radius 3 is 2.52 bits per heavy atom. The summed E-state index contributed by atoms with van der Waals surface area (Å²) in [5.74, 6) is -0.690. The predicted molar refractivity (Wildman–Crippen MR) is 119 cm³/mol. The molecule has 5 N–H and O–H groups in total. The van der Waals surface area contributed by atoms with Crippen LogP contribution in [0.1, 0.15) is 45.7 Å². The Labute approximate surface area is 183 Å². The SMILES string of the molecule is CO[C@@H]1Cc2ccc(C(N)=O)cc2C(C)(C)[C@H]1NC[C@H](CO)NC(=O)c1ccccc1. The number of rotatable bonds is 8. The van der Waals surface area contributed by atoms with Crippen LogP contribution in [0.4, 0.5) is 0 Å². The molecule has 0 fully saturated rings. The van der Waals surface area contributed by atoms with Crippen molar-refractivity contribution in [1.82, 2.24) is 10.6 Å². The third-order valence-electron chi connectivity index (χ3n) is 6.14. The Bertz CT molecular complexity index is 930. The number of nitrogens with one attached hydrogen (secondary N) is 2. The van der Waals surface area contributed by atoms with Crippen LogP contribution < -0.4 is 16.4 Å². The number of aliphatic hydroxyl groups excluding tert-OH is 1. The van der Waals surface area contributed by atoms with Crippen molar-refractivity contribution in [1.29, 1.82) is 0 Å². The second-order valence-electron chi connectivity index (χ2n) is 8.54. The lowest BCUT2D eigenvalue weighted by Crippen LogP contribution is -2.59. The number of amides is 2. The molecule has 0 unspecified atom stereocenters. The van der Waals surface area contributed by atoms with Gasteiger partial charge in [0.1, 0.15) is 0 Å². The first-order valence-corrected chi connectivity index (χ1v) is 10.4. The van der Waals surface area contributed by atoms with Gasteiger partial charge >= 0.3 is 0 Å². The molecule has 0 aliphatic heterocycles. The van der Waals surface area contributed by atoms with Gasteiger partial charge in [0.25, 0.3) is 5.91 Å². The van der Waals surface area contributed by atoms with Crippen molar-refractivity contribution >= 4 is 11.8 Å². The highest BCUT2D eigenvalue weighted by Gasteiger charge is 2.43. The molecule has 1 aliphatic rings. The number of hydrogen-bond acceptors (Lipinski definition) is 5. The molecule has 0 radical (unpaired) electrons. The zero-order valence-corrected chi connectivity index (χ0v) is 18.2. The number of ether oxygens (including phenoxy) is 1. The Hall–Kier alpha value is -2.74. The second-order valence-corrected chi connectivity index (χ2v) is 8.54. The van der Waals surface area contributed by atoms with Crippen molar-refractivity contribution < 1.29 is 19.4 Å². The van der Waals surface area contributed by atoms with Gasteiger partial charge in [-0.3, -0.25) is 9.59 Å². The fourth-order valence-corrected chi connectivity index (χ4v) is 4.37. The van der Waals surface area contributed by atoms with Crippen molar-refractivity contribution in [2.45, 2.75) is 43.9 Å². The lowest BCUT2D eigenvalue weighted by molar-refractivity contribution is 0.0338. The highest BCUT2D eigenvalue weighted by Crippen LogP contribution is 2.38. The van der Waals surface area contributed by atoms with Crippen molar-refractivity contribution in [3.8, 4) is 0 Å². The fraction of sp³-hybridized carbons (Fsp3) is 0.417. The highest BCUT2D eigenvalue weighted by molar-refractivity contribution is 5.94. The topological polar surface area (TPSA) is 114 Å². The molecule has 2 aromatic carbocycles. The van der Waals surface area contributed by atoms with Crippen LogP contribution in [0.2, 0.25) is 0 Å². The molecular weight excluding hydrogens is 394 g/mol. The third kappa shape index (κ3) is 4.95. The van der Waals surface area contributed by atoms with Crippen LogP contribution in [0.3, 0.4) is 0 Å². The van der Waals surface area contributed by atoms with Crippen LogP contribution in [-0.4, -0.2) is 55.4 Å². The molecule has 7 heteroatoms.